The zero-order valence-electron chi connectivity index (χ0n) is 14.8. The van der Waals surface area contributed by atoms with Crippen molar-refractivity contribution in [3.63, 3.8) is 0 Å². The Balaban J connectivity index is 1.92. The summed E-state index contributed by atoms with van der Waals surface area (Å²) in [6, 6.07) is 0. The first-order valence-electron chi connectivity index (χ1n) is 8.36. The molecule has 0 unspecified atom stereocenters. The Morgan fingerprint density at radius 1 is 1.38 bits per heavy atom. The van der Waals surface area contributed by atoms with Gasteiger partial charge in [0, 0.05) is 31.1 Å². The molecule has 3 heterocycles. The van der Waals surface area contributed by atoms with Crippen LogP contribution < -0.4 is 5.32 Å². The van der Waals surface area contributed by atoms with Crippen LogP contribution in [0.3, 0.4) is 0 Å². The van der Waals surface area contributed by atoms with Crippen molar-refractivity contribution in [1.29, 1.82) is 0 Å². The molecule has 132 valence electrons. The van der Waals surface area contributed by atoms with Gasteiger partial charge in [-0.05, 0) is 39.0 Å². The van der Waals surface area contributed by atoms with Gasteiger partial charge in [0.1, 0.15) is 10.6 Å². The normalized spacial score (nSPS) is 16.3. The first-order valence-corrected chi connectivity index (χ1v) is 10.4. The van der Waals surface area contributed by atoms with E-state index in [-0.39, 0.29) is 5.60 Å². The molecular weight excluding hydrogens is 342 g/mol. The first kappa shape index (κ1) is 17.9. The van der Waals surface area contributed by atoms with Crippen molar-refractivity contribution in [1.82, 2.24) is 9.97 Å². The van der Waals surface area contributed by atoms with Crippen LogP contribution in [0.15, 0.2) is 5.16 Å². The molecule has 1 aliphatic rings. The lowest BCUT2D eigenvalue weighted by atomic mass is 9.94. The van der Waals surface area contributed by atoms with Crippen molar-refractivity contribution in [2.45, 2.75) is 51.0 Å². The summed E-state index contributed by atoms with van der Waals surface area (Å²) in [7, 11) is 0. The molecule has 0 aromatic carbocycles. The monoisotopic (exact) mass is 367 g/mol. The highest BCUT2D eigenvalue weighted by atomic mass is 32.2. The van der Waals surface area contributed by atoms with E-state index in [0.717, 1.165) is 48.4 Å². The summed E-state index contributed by atoms with van der Waals surface area (Å²) in [5, 5.41) is 5.50. The number of nitrogens with zero attached hydrogens (tertiary/aromatic N) is 2. The van der Waals surface area contributed by atoms with Crippen LogP contribution in [0.25, 0.3) is 10.2 Å². The number of hydrogen-bond acceptors (Lipinski definition) is 7. The maximum absolute atomic E-state index is 5.96. The van der Waals surface area contributed by atoms with Gasteiger partial charge in [0.05, 0.1) is 17.6 Å². The average Bonchev–Trinajstić information content (AvgIpc) is 2.91. The van der Waals surface area contributed by atoms with Crippen LogP contribution in [-0.2, 0) is 22.5 Å². The molecule has 0 saturated carbocycles. The SMILES string of the molecule is CCOCCCNc1nc(SC)nc2sc3c(c12)CC(C)(C)OC3. The second kappa shape index (κ2) is 7.56. The van der Waals surface area contributed by atoms with E-state index in [1.54, 1.807) is 23.1 Å². The highest BCUT2D eigenvalue weighted by Gasteiger charge is 2.30. The Hall–Kier alpha value is -0.890. The largest absolute Gasteiger partial charge is 0.382 e. The number of nitrogens with one attached hydrogen (secondary N) is 1. The minimum Gasteiger partial charge on any atom is -0.382 e. The van der Waals surface area contributed by atoms with Crippen molar-refractivity contribution < 1.29 is 9.47 Å². The van der Waals surface area contributed by atoms with Gasteiger partial charge in [0.25, 0.3) is 0 Å². The standard InChI is InChI=1S/C17H25N3O2S2/c1-5-21-8-6-7-18-14-13-11-9-17(2,3)22-10-12(11)24-15(13)20-16(19-14)23-4/h5-10H2,1-4H3,(H,18,19,20). The molecule has 1 aliphatic heterocycles. The lowest BCUT2D eigenvalue weighted by Crippen LogP contribution is -2.31. The maximum atomic E-state index is 5.96. The second-order valence-corrected chi connectivity index (χ2v) is 8.30. The van der Waals surface area contributed by atoms with E-state index in [1.165, 1.54) is 15.8 Å². The van der Waals surface area contributed by atoms with Crippen molar-refractivity contribution in [3.8, 4) is 0 Å². The van der Waals surface area contributed by atoms with Crippen LogP contribution in [0.4, 0.5) is 5.82 Å². The molecule has 2 aromatic heterocycles. The van der Waals surface area contributed by atoms with E-state index in [4.69, 9.17) is 19.4 Å². The van der Waals surface area contributed by atoms with Crippen LogP contribution in [-0.4, -0.2) is 41.6 Å². The van der Waals surface area contributed by atoms with Gasteiger partial charge in [-0.15, -0.1) is 11.3 Å². The number of aromatic nitrogens is 2. The van der Waals surface area contributed by atoms with Gasteiger partial charge in [-0.25, -0.2) is 9.97 Å². The van der Waals surface area contributed by atoms with Gasteiger partial charge in [-0.1, -0.05) is 11.8 Å². The van der Waals surface area contributed by atoms with Gasteiger partial charge in [0.2, 0.25) is 0 Å². The van der Waals surface area contributed by atoms with Gasteiger partial charge in [-0.3, -0.25) is 0 Å². The number of thioether (sulfide) groups is 1. The van der Waals surface area contributed by atoms with E-state index >= 15 is 0 Å². The third kappa shape index (κ3) is 3.85. The van der Waals surface area contributed by atoms with E-state index in [9.17, 15) is 0 Å². The fourth-order valence-corrected chi connectivity index (χ4v) is 4.40. The molecule has 0 aliphatic carbocycles. The lowest BCUT2D eigenvalue weighted by molar-refractivity contribution is -0.0379. The quantitative estimate of drug-likeness (QED) is 0.452. The summed E-state index contributed by atoms with van der Waals surface area (Å²) in [5.74, 6) is 0.955. The van der Waals surface area contributed by atoms with Crippen molar-refractivity contribution >= 4 is 39.1 Å². The maximum Gasteiger partial charge on any atom is 0.190 e. The molecule has 0 spiro atoms. The predicted octanol–water partition coefficient (Wildman–Crippen LogP) is 4.10. The van der Waals surface area contributed by atoms with Gasteiger partial charge < -0.3 is 14.8 Å². The van der Waals surface area contributed by atoms with Crippen molar-refractivity contribution in [2.24, 2.45) is 0 Å². The molecular formula is C17H25N3O2S2. The average molecular weight is 368 g/mol. The zero-order chi connectivity index (χ0) is 17.2. The number of hydrogen-bond donors (Lipinski definition) is 1. The molecule has 0 amide bonds. The number of thiophene rings is 1. The summed E-state index contributed by atoms with van der Waals surface area (Å²) < 4.78 is 11.4. The second-order valence-electron chi connectivity index (χ2n) is 6.45. The highest BCUT2D eigenvalue weighted by molar-refractivity contribution is 7.98. The molecule has 1 N–H and O–H groups in total. The van der Waals surface area contributed by atoms with E-state index in [0.29, 0.717) is 6.61 Å². The minimum absolute atomic E-state index is 0.134. The Kier molecular flexibility index (Phi) is 5.64. The first-order chi connectivity index (χ1) is 11.5. The topological polar surface area (TPSA) is 56.3 Å². The Bertz CT molecular complexity index is 715. The fourth-order valence-electron chi connectivity index (χ4n) is 2.87. The van der Waals surface area contributed by atoms with Crippen molar-refractivity contribution in [2.75, 3.05) is 31.3 Å². The summed E-state index contributed by atoms with van der Waals surface area (Å²) >= 11 is 3.32. The van der Waals surface area contributed by atoms with Crippen LogP contribution in [0.1, 0.15) is 37.6 Å². The molecule has 0 saturated heterocycles. The summed E-state index contributed by atoms with van der Waals surface area (Å²) in [6.45, 7) is 9.37. The minimum atomic E-state index is -0.134. The smallest absolute Gasteiger partial charge is 0.190 e. The van der Waals surface area contributed by atoms with Gasteiger partial charge in [0.15, 0.2) is 5.16 Å². The molecule has 3 rings (SSSR count). The molecule has 5 nitrogen and oxygen atoms in total. The molecule has 0 bridgehead atoms. The van der Waals surface area contributed by atoms with E-state index in [1.807, 2.05) is 13.2 Å². The number of anilines is 1. The Morgan fingerprint density at radius 3 is 2.96 bits per heavy atom. The number of fused-ring (bicyclic) bond motifs is 3. The van der Waals surface area contributed by atoms with Gasteiger partial charge >= 0.3 is 0 Å². The third-order valence-electron chi connectivity index (χ3n) is 4.05. The molecule has 0 atom stereocenters. The molecule has 24 heavy (non-hydrogen) atoms. The molecule has 2 aromatic rings. The van der Waals surface area contributed by atoms with E-state index < -0.39 is 0 Å². The van der Waals surface area contributed by atoms with Gasteiger partial charge in [-0.2, -0.15) is 0 Å². The summed E-state index contributed by atoms with van der Waals surface area (Å²) in [4.78, 5) is 11.8. The van der Waals surface area contributed by atoms with E-state index in [2.05, 4.69) is 19.2 Å². The summed E-state index contributed by atoms with van der Waals surface area (Å²) in [6.07, 6.45) is 3.88. The van der Waals surface area contributed by atoms with Crippen LogP contribution >= 0.6 is 23.1 Å². The fraction of sp³-hybridized carbons (Fsp3) is 0.647. The predicted molar refractivity (Wildman–Crippen MR) is 101 cm³/mol. The lowest BCUT2D eigenvalue weighted by Gasteiger charge is -2.30. The zero-order valence-corrected chi connectivity index (χ0v) is 16.4. The van der Waals surface area contributed by atoms with Crippen LogP contribution in [0, 0.1) is 0 Å². The molecule has 7 heteroatoms. The van der Waals surface area contributed by atoms with Crippen LogP contribution in [0.2, 0.25) is 0 Å². The molecule has 0 radical (unpaired) electrons. The van der Waals surface area contributed by atoms with Crippen molar-refractivity contribution in [3.05, 3.63) is 10.4 Å². The van der Waals surface area contributed by atoms with Crippen LogP contribution in [0.5, 0.6) is 0 Å². The Labute approximate surface area is 151 Å². The number of rotatable bonds is 7. The third-order valence-corrected chi connectivity index (χ3v) is 5.70. The molecule has 0 fully saturated rings. The Morgan fingerprint density at radius 2 is 2.21 bits per heavy atom. The summed E-state index contributed by atoms with van der Waals surface area (Å²) in [5.41, 5.74) is 1.22. The highest BCUT2D eigenvalue weighted by Crippen LogP contribution is 2.41. The number of ether oxygens (including phenoxy) is 2.